The van der Waals surface area contributed by atoms with Crippen molar-refractivity contribution in [1.29, 1.82) is 0 Å². The fourth-order valence-corrected chi connectivity index (χ4v) is 3.58. The van der Waals surface area contributed by atoms with E-state index >= 15 is 0 Å². The SMILES string of the molecule is Cc1nn(-c2ccc(Cl)cc2Cl)c(C)c1CC(=O)Nc1ccc(OCC(=O)N(C)C)cc1. The van der Waals surface area contributed by atoms with Crippen LogP contribution in [0.3, 0.4) is 0 Å². The number of carbonyl (C=O) groups is 2. The van der Waals surface area contributed by atoms with Crippen molar-refractivity contribution in [2.45, 2.75) is 20.3 Å². The molecule has 32 heavy (non-hydrogen) atoms. The maximum Gasteiger partial charge on any atom is 0.259 e. The maximum atomic E-state index is 12.6. The number of amides is 2. The van der Waals surface area contributed by atoms with Gasteiger partial charge in [-0.1, -0.05) is 23.2 Å². The minimum atomic E-state index is -0.172. The lowest BCUT2D eigenvalue weighted by molar-refractivity contribution is -0.130. The fourth-order valence-electron chi connectivity index (χ4n) is 3.09. The summed E-state index contributed by atoms with van der Waals surface area (Å²) in [5.41, 5.74) is 3.74. The van der Waals surface area contributed by atoms with Crippen LogP contribution in [0.15, 0.2) is 42.5 Å². The molecule has 0 atom stereocenters. The van der Waals surface area contributed by atoms with E-state index in [1.54, 1.807) is 61.2 Å². The van der Waals surface area contributed by atoms with Crippen LogP contribution >= 0.6 is 23.2 Å². The molecule has 0 bridgehead atoms. The smallest absolute Gasteiger partial charge is 0.259 e. The highest BCUT2D eigenvalue weighted by Gasteiger charge is 2.17. The van der Waals surface area contributed by atoms with Crippen LogP contribution in [0.2, 0.25) is 10.0 Å². The van der Waals surface area contributed by atoms with Crippen molar-refractivity contribution in [3.05, 3.63) is 69.5 Å². The number of nitrogens with zero attached hydrogens (tertiary/aromatic N) is 3. The number of likely N-dealkylation sites (N-methyl/N-ethyl adjacent to an activating group) is 1. The summed E-state index contributed by atoms with van der Waals surface area (Å²) in [5, 5.41) is 8.45. The Labute approximate surface area is 196 Å². The second-order valence-electron chi connectivity index (χ2n) is 7.48. The van der Waals surface area contributed by atoms with Crippen molar-refractivity contribution in [3.63, 3.8) is 0 Å². The Morgan fingerprint density at radius 2 is 1.78 bits per heavy atom. The van der Waals surface area contributed by atoms with Crippen molar-refractivity contribution >= 4 is 40.7 Å². The summed E-state index contributed by atoms with van der Waals surface area (Å²) in [6.07, 6.45) is 0.165. The molecule has 3 rings (SSSR count). The zero-order valence-electron chi connectivity index (χ0n) is 18.3. The Morgan fingerprint density at radius 3 is 2.41 bits per heavy atom. The predicted octanol–water partition coefficient (Wildman–Crippen LogP) is 4.44. The monoisotopic (exact) mass is 474 g/mol. The van der Waals surface area contributed by atoms with Gasteiger partial charge < -0.3 is 15.0 Å². The number of anilines is 1. The molecule has 7 nitrogen and oxygen atoms in total. The largest absolute Gasteiger partial charge is 0.484 e. The van der Waals surface area contributed by atoms with Gasteiger partial charge in [0.05, 0.1) is 22.8 Å². The first-order valence-electron chi connectivity index (χ1n) is 9.89. The molecule has 0 radical (unpaired) electrons. The molecule has 0 spiro atoms. The number of hydrogen-bond acceptors (Lipinski definition) is 4. The van der Waals surface area contributed by atoms with Crippen LogP contribution in [0.25, 0.3) is 5.69 Å². The van der Waals surface area contributed by atoms with Crippen molar-refractivity contribution in [2.75, 3.05) is 26.0 Å². The first kappa shape index (κ1) is 23.6. The Morgan fingerprint density at radius 1 is 1.09 bits per heavy atom. The van der Waals surface area contributed by atoms with E-state index in [-0.39, 0.29) is 24.8 Å². The van der Waals surface area contributed by atoms with E-state index in [1.165, 1.54) is 4.90 Å². The van der Waals surface area contributed by atoms with E-state index in [0.29, 0.717) is 27.2 Å². The number of rotatable bonds is 7. The predicted molar refractivity (Wildman–Crippen MR) is 126 cm³/mol. The number of ether oxygens (including phenoxy) is 1. The zero-order valence-corrected chi connectivity index (χ0v) is 19.8. The number of halogens is 2. The quantitative estimate of drug-likeness (QED) is 0.548. The van der Waals surface area contributed by atoms with Gasteiger partial charge in [0.1, 0.15) is 5.75 Å². The minimum Gasteiger partial charge on any atom is -0.484 e. The number of benzene rings is 2. The van der Waals surface area contributed by atoms with Gasteiger partial charge in [0.2, 0.25) is 5.91 Å². The van der Waals surface area contributed by atoms with Crippen LogP contribution in [-0.4, -0.2) is 47.2 Å². The molecule has 1 N–H and O–H groups in total. The summed E-state index contributed by atoms with van der Waals surface area (Å²) in [4.78, 5) is 25.7. The van der Waals surface area contributed by atoms with Gasteiger partial charge in [0.15, 0.2) is 6.61 Å². The number of hydrogen-bond donors (Lipinski definition) is 1. The average Bonchev–Trinajstić information content (AvgIpc) is 3.01. The lowest BCUT2D eigenvalue weighted by Gasteiger charge is -2.12. The molecule has 0 unspecified atom stereocenters. The standard InChI is InChI=1S/C23H24Cl2N4O3/c1-14-19(15(2)29(27-14)21-10-5-16(24)11-20(21)25)12-22(30)26-17-6-8-18(9-7-17)32-13-23(31)28(3)4/h5-11H,12-13H2,1-4H3,(H,26,30). The lowest BCUT2D eigenvalue weighted by atomic mass is 10.1. The highest BCUT2D eigenvalue weighted by atomic mass is 35.5. The Bertz CT molecular complexity index is 1140. The summed E-state index contributed by atoms with van der Waals surface area (Å²) in [5.74, 6) is 0.244. The van der Waals surface area contributed by atoms with Gasteiger partial charge in [-0.05, 0) is 56.3 Å². The molecule has 0 aliphatic carbocycles. The van der Waals surface area contributed by atoms with Gasteiger partial charge >= 0.3 is 0 Å². The molecule has 0 aliphatic rings. The van der Waals surface area contributed by atoms with Crippen LogP contribution < -0.4 is 10.1 Å². The molecule has 0 saturated heterocycles. The molecule has 2 amide bonds. The molecule has 9 heteroatoms. The molecular formula is C23H24Cl2N4O3. The Hall–Kier alpha value is -3.03. The molecule has 0 saturated carbocycles. The van der Waals surface area contributed by atoms with Crippen LogP contribution in [0.5, 0.6) is 5.75 Å². The van der Waals surface area contributed by atoms with Crippen molar-refractivity contribution in [2.24, 2.45) is 0 Å². The third-order valence-electron chi connectivity index (χ3n) is 4.92. The normalized spacial score (nSPS) is 10.7. The molecule has 1 aromatic heterocycles. The topological polar surface area (TPSA) is 76.5 Å². The molecular weight excluding hydrogens is 451 g/mol. The third kappa shape index (κ3) is 5.60. The van der Waals surface area contributed by atoms with Gasteiger partial charge in [0, 0.05) is 36.1 Å². The highest BCUT2D eigenvalue weighted by molar-refractivity contribution is 6.35. The third-order valence-corrected chi connectivity index (χ3v) is 5.45. The summed E-state index contributed by atoms with van der Waals surface area (Å²) >= 11 is 12.3. The summed E-state index contributed by atoms with van der Waals surface area (Å²) < 4.78 is 7.16. The van der Waals surface area contributed by atoms with Crippen molar-refractivity contribution in [1.82, 2.24) is 14.7 Å². The maximum absolute atomic E-state index is 12.6. The molecule has 2 aromatic carbocycles. The van der Waals surface area contributed by atoms with Gasteiger partial charge in [0.25, 0.3) is 5.91 Å². The van der Waals surface area contributed by atoms with E-state index in [0.717, 1.165) is 17.0 Å². The second-order valence-corrected chi connectivity index (χ2v) is 8.33. The Kier molecular flexibility index (Phi) is 7.43. The van der Waals surface area contributed by atoms with Gasteiger partial charge in [-0.2, -0.15) is 5.10 Å². The highest BCUT2D eigenvalue weighted by Crippen LogP contribution is 2.27. The minimum absolute atomic E-state index is 0.0428. The Balaban J connectivity index is 1.66. The van der Waals surface area contributed by atoms with Crippen LogP contribution in [-0.2, 0) is 16.0 Å². The molecule has 168 valence electrons. The van der Waals surface area contributed by atoms with Crippen LogP contribution in [0, 0.1) is 13.8 Å². The van der Waals surface area contributed by atoms with E-state index < -0.39 is 0 Å². The first-order chi connectivity index (χ1) is 15.2. The molecule has 3 aromatic rings. The van der Waals surface area contributed by atoms with Gasteiger partial charge in [-0.3, -0.25) is 9.59 Å². The molecule has 0 aliphatic heterocycles. The van der Waals surface area contributed by atoms with E-state index in [9.17, 15) is 9.59 Å². The number of aryl methyl sites for hydroxylation is 1. The van der Waals surface area contributed by atoms with Crippen LogP contribution in [0.1, 0.15) is 17.0 Å². The number of nitrogens with one attached hydrogen (secondary N) is 1. The summed E-state index contributed by atoms with van der Waals surface area (Å²) in [7, 11) is 3.34. The van der Waals surface area contributed by atoms with E-state index in [1.807, 2.05) is 13.8 Å². The van der Waals surface area contributed by atoms with Crippen molar-refractivity contribution < 1.29 is 14.3 Å². The number of carbonyl (C=O) groups excluding carboxylic acids is 2. The molecule has 0 fully saturated rings. The fraction of sp³-hybridized carbons (Fsp3) is 0.261. The average molecular weight is 475 g/mol. The summed E-state index contributed by atoms with van der Waals surface area (Å²) in [6.45, 7) is 3.71. The zero-order chi connectivity index (χ0) is 23.4. The summed E-state index contributed by atoms with van der Waals surface area (Å²) in [6, 6.07) is 12.1. The van der Waals surface area contributed by atoms with Crippen molar-refractivity contribution in [3.8, 4) is 11.4 Å². The van der Waals surface area contributed by atoms with Gasteiger partial charge in [-0.25, -0.2) is 4.68 Å². The first-order valence-corrected chi connectivity index (χ1v) is 10.6. The van der Waals surface area contributed by atoms with Gasteiger partial charge in [-0.15, -0.1) is 0 Å². The van der Waals surface area contributed by atoms with Crippen LogP contribution in [0.4, 0.5) is 5.69 Å². The molecule has 1 heterocycles. The van der Waals surface area contributed by atoms with E-state index in [2.05, 4.69) is 10.4 Å². The number of aromatic nitrogens is 2. The van der Waals surface area contributed by atoms with E-state index in [4.69, 9.17) is 27.9 Å². The second kappa shape index (κ2) is 10.1. The lowest BCUT2D eigenvalue weighted by Crippen LogP contribution is -2.27.